The fraction of sp³-hybridized carbons (Fsp3) is 0.130. The molecule has 0 bridgehead atoms. The number of benzene rings is 3. The zero-order valence-corrected chi connectivity index (χ0v) is 18.8. The number of nitrogens with one attached hydrogen (secondary N) is 1. The average molecular weight is 495 g/mol. The van der Waals surface area contributed by atoms with Crippen molar-refractivity contribution in [3.8, 4) is 11.5 Å². The Morgan fingerprint density at radius 1 is 0.875 bits per heavy atom. The summed E-state index contributed by atoms with van der Waals surface area (Å²) in [4.78, 5) is 25.2. The maximum atomic E-state index is 12.9. The summed E-state index contributed by atoms with van der Waals surface area (Å²) in [7, 11) is 0. The fourth-order valence-electron chi connectivity index (χ4n) is 2.73. The van der Waals surface area contributed by atoms with Crippen LogP contribution in [-0.2, 0) is 22.6 Å². The molecule has 0 fully saturated rings. The molecule has 0 aliphatic rings. The van der Waals surface area contributed by atoms with Gasteiger partial charge in [-0.1, -0.05) is 77.3 Å². The van der Waals surface area contributed by atoms with Gasteiger partial charge in [0.1, 0.15) is 18.4 Å². The number of hydrogen-bond donors (Lipinski definition) is 2. The quantitative estimate of drug-likeness (QED) is 0.246. The lowest BCUT2D eigenvalue weighted by Gasteiger charge is -2.18. The number of halogens is 3. The summed E-state index contributed by atoms with van der Waals surface area (Å²) < 4.78 is 10.6. The third-order valence-corrected chi connectivity index (χ3v) is 5.37. The van der Waals surface area contributed by atoms with Crippen LogP contribution in [0.1, 0.15) is 11.1 Å². The van der Waals surface area contributed by atoms with E-state index in [1.165, 1.54) is 24.3 Å². The van der Waals surface area contributed by atoms with Crippen LogP contribution in [0.25, 0.3) is 0 Å². The van der Waals surface area contributed by atoms with E-state index in [1.54, 1.807) is 12.1 Å². The molecule has 1 atom stereocenters. The van der Waals surface area contributed by atoms with E-state index in [9.17, 15) is 14.7 Å². The van der Waals surface area contributed by atoms with Crippen molar-refractivity contribution in [3.63, 3.8) is 0 Å². The van der Waals surface area contributed by atoms with Crippen LogP contribution < -0.4 is 10.1 Å². The summed E-state index contributed by atoms with van der Waals surface area (Å²) in [6.07, 6.45) is -0.715. The van der Waals surface area contributed by atoms with E-state index in [2.05, 4.69) is 5.32 Å². The number of ether oxygens (including phenoxy) is 2. The Morgan fingerprint density at radius 3 is 2.22 bits per heavy atom. The van der Waals surface area contributed by atoms with E-state index in [0.29, 0.717) is 5.56 Å². The van der Waals surface area contributed by atoms with Crippen LogP contribution in [0.5, 0.6) is 11.5 Å². The monoisotopic (exact) mass is 493 g/mol. The van der Waals surface area contributed by atoms with Gasteiger partial charge in [-0.15, -0.1) is 0 Å². The number of phenolic OH excluding ortho intramolecular Hbond substituents is 1. The van der Waals surface area contributed by atoms with Crippen molar-refractivity contribution in [2.45, 2.75) is 19.1 Å². The highest BCUT2D eigenvalue weighted by atomic mass is 35.5. The first-order valence-corrected chi connectivity index (χ1v) is 10.6. The second-order valence-electron chi connectivity index (χ2n) is 6.75. The summed E-state index contributed by atoms with van der Waals surface area (Å²) in [6, 6.07) is 16.9. The molecule has 0 aliphatic carbocycles. The molecule has 32 heavy (non-hydrogen) atoms. The van der Waals surface area contributed by atoms with Crippen molar-refractivity contribution < 1.29 is 24.2 Å². The van der Waals surface area contributed by atoms with Crippen molar-refractivity contribution in [1.29, 1.82) is 0 Å². The van der Waals surface area contributed by atoms with Crippen LogP contribution in [0.2, 0.25) is 15.1 Å². The molecule has 1 amide bonds. The first-order valence-electron chi connectivity index (χ1n) is 9.43. The van der Waals surface area contributed by atoms with Crippen LogP contribution in [0.3, 0.4) is 0 Å². The molecule has 1 unspecified atom stereocenters. The molecule has 9 heteroatoms. The maximum absolute atomic E-state index is 12.9. The summed E-state index contributed by atoms with van der Waals surface area (Å²) in [5, 5.41) is 12.4. The Bertz CT molecular complexity index is 1090. The third-order valence-electron chi connectivity index (χ3n) is 4.35. The highest BCUT2D eigenvalue weighted by Gasteiger charge is 2.25. The Labute approximate surface area is 199 Å². The summed E-state index contributed by atoms with van der Waals surface area (Å²) in [6.45, 7) is 0.0340. The van der Waals surface area contributed by atoms with Gasteiger partial charge in [0, 0.05) is 12.5 Å². The van der Waals surface area contributed by atoms with Gasteiger partial charge in [-0.3, -0.25) is 0 Å². The fourth-order valence-corrected chi connectivity index (χ4v) is 3.31. The van der Waals surface area contributed by atoms with Crippen molar-refractivity contribution in [1.82, 2.24) is 5.32 Å². The van der Waals surface area contributed by atoms with Crippen LogP contribution >= 0.6 is 34.8 Å². The van der Waals surface area contributed by atoms with Crippen LogP contribution in [0, 0.1) is 0 Å². The number of esters is 1. The van der Waals surface area contributed by atoms with E-state index in [4.69, 9.17) is 44.3 Å². The first-order chi connectivity index (χ1) is 15.3. The second-order valence-corrected chi connectivity index (χ2v) is 7.97. The summed E-state index contributed by atoms with van der Waals surface area (Å²) in [5.41, 5.74) is 1.47. The molecule has 3 aromatic rings. The predicted octanol–water partition coefficient (Wildman–Crippen LogP) is 5.80. The SMILES string of the molecule is O=C(NC(Cc1ccc(O)cc1)C(=O)Oc1cc(Cl)c(Cl)cc1Cl)OCc1ccccc1. The molecule has 0 radical (unpaired) electrons. The molecule has 166 valence electrons. The molecule has 0 heterocycles. The van der Waals surface area contributed by atoms with E-state index in [-0.39, 0.29) is 39.6 Å². The van der Waals surface area contributed by atoms with Crippen molar-refractivity contribution >= 4 is 46.9 Å². The molecule has 3 aromatic carbocycles. The average Bonchev–Trinajstić information content (AvgIpc) is 2.77. The molecule has 2 N–H and O–H groups in total. The number of carbonyl (C=O) groups is 2. The highest BCUT2D eigenvalue weighted by Crippen LogP contribution is 2.34. The molecular formula is C23H18Cl3NO5. The van der Waals surface area contributed by atoms with Gasteiger partial charge < -0.3 is 19.9 Å². The van der Waals surface area contributed by atoms with Crippen LogP contribution in [0.4, 0.5) is 4.79 Å². The lowest BCUT2D eigenvalue weighted by molar-refractivity contribution is -0.136. The predicted molar refractivity (Wildman–Crippen MR) is 122 cm³/mol. The van der Waals surface area contributed by atoms with Gasteiger partial charge in [-0.2, -0.15) is 0 Å². The zero-order chi connectivity index (χ0) is 23.1. The van der Waals surface area contributed by atoms with E-state index in [1.807, 2.05) is 30.3 Å². The first kappa shape index (κ1) is 23.7. The lowest BCUT2D eigenvalue weighted by atomic mass is 10.1. The van der Waals surface area contributed by atoms with Gasteiger partial charge in [0.15, 0.2) is 5.75 Å². The number of carbonyl (C=O) groups excluding carboxylic acids is 2. The minimum atomic E-state index is -1.10. The highest BCUT2D eigenvalue weighted by molar-refractivity contribution is 6.43. The Morgan fingerprint density at radius 2 is 1.53 bits per heavy atom. The van der Waals surface area contributed by atoms with Gasteiger partial charge in [0.05, 0.1) is 15.1 Å². The molecule has 0 spiro atoms. The van der Waals surface area contributed by atoms with Gasteiger partial charge in [0.2, 0.25) is 0 Å². The third kappa shape index (κ3) is 6.79. The van der Waals surface area contributed by atoms with Gasteiger partial charge in [0.25, 0.3) is 0 Å². The number of hydrogen-bond acceptors (Lipinski definition) is 5. The van der Waals surface area contributed by atoms with Gasteiger partial charge in [-0.25, -0.2) is 9.59 Å². The molecule has 0 aromatic heterocycles. The molecule has 0 saturated heterocycles. The number of phenols is 1. The normalized spacial score (nSPS) is 11.5. The second kappa shape index (κ2) is 11.1. The van der Waals surface area contributed by atoms with Crippen LogP contribution in [-0.4, -0.2) is 23.2 Å². The van der Waals surface area contributed by atoms with Crippen molar-refractivity contribution in [2.75, 3.05) is 0 Å². The summed E-state index contributed by atoms with van der Waals surface area (Å²) >= 11 is 18.0. The Kier molecular flexibility index (Phi) is 8.22. The number of aromatic hydroxyl groups is 1. The molecular weight excluding hydrogens is 477 g/mol. The van der Waals surface area contributed by atoms with Gasteiger partial charge >= 0.3 is 12.1 Å². The molecule has 0 aliphatic heterocycles. The minimum Gasteiger partial charge on any atom is -0.508 e. The largest absolute Gasteiger partial charge is 0.508 e. The van der Waals surface area contributed by atoms with Crippen molar-refractivity contribution in [3.05, 3.63) is 92.9 Å². The topological polar surface area (TPSA) is 84.9 Å². The Balaban J connectivity index is 1.73. The van der Waals surface area contributed by atoms with E-state index < -0.39 is 18.1 Å². The van der Waals surface area contributed by atoms with Crippen LogP contribution in [0.15, 0.2) is 66.7 Å². The number of alkyl carbamates (subject to hydrolysis) is 1. The lowest BCUT2D eigenvalue weighted by Crippen LogP contribution is -2.44. The maximum Gasteiger partial charge on any atom is 0.408 e. The van der Waals surface area contributed by atoms with E-state index >= 15 is 0 Å². The zero-order valence-electron chi connectivity index (χ0n) is 16.6. The molecule has 6 nitrogen and oxygen atoms in total. The summed E-state index contributed by atoms with van der Waals surface area (Å²) in [5.74, 6) is -0.707. The van der Waals surface area contributed by atoms with Gasteiger partial charge in [-0.05, 0) is 29.3 Å². The molecule has 0 saturated carbocycles. The number of rotatable bonds is 7. The molecule has 3 rings (SSSR count). The Hall–Kier alpha value is -2.93. The van der Waals surface area contributed by atoms with E-state index in [0.717, 1.165) is 5.56 Å². The smallest absolute Gasteiger partial charge is 0.408 e. The standard InChI is InChI=1S/C23H18Cl3NO5/c24-17-11-19(26)21(12-18(17)25)32-22(29)20(10-14-6-8-16(28)9-7-14)27-23(30)31-13-15-4-2-1-3-5-15/h1-9,11-12,20,28H,10,13H2,(H,27,30). The number of amides is 1. The minimum absolute atomic E-state index is 0.00113. The van der Waals surface area contributed by atoms with Crippen molar-refractivity contribution in [2.24, 2.45) is 0 Å².